The van der Waals surface area contributed by atoms with Gasteiger partial charge >= 0.3 is 12.7 Å². The number of alkyl halides is 6. The SMILES string of the molecule is O=Cc1cc(OC(F)(F)F)cc(OC(F)(F)F)c1. The Morgan fingerprint density at radius 3 is 1.50 bits per heavy atom. The second-order valence-electron chi connectivity index (χ2n) is 2.95. The molecule has 18 heavy (non-hydrogen) atoms. The van der Waals surface area contributed by atoms with Crippen molar-refractivity contribution in [2.45, 2.75) is 12.7 Å². The number of carbonyl (C=O) groups is 1. The summed E-state index contributed by atoms with van der Waals surface area (Å²) in [5.41, 5.74) is -0.448. The van der Waals surface area contributed by atoms with Gasteiger partial charge in [-0.25, -0.2) is 0 Å². The van der Waals surface area contributed by atoms with Crippen molar-refractivity contribution >= 4 is 6.29 Å². The van der Waals surface area contributed by atoms with Crippen LogP contribution >= 0.6 is 0 Å². The molecule has 3 nitrogen and oxygen atoms in total. The van der Waals surface area contributed by atoms with Crippen LogP contribution in [0.1, 0.15) is 10.4 Å². The summed E-state index contributed by atoms with van der Waals surface area (Å²) in [4.78, 5) is 10.4. The van der Waals surface area contributed by atoms with E-state index in [0.29, 0.717) is 18.2 Å². The smallest absolute Gasteiger partial charge is 0.406 e. The van der Waals surface area contributed by atoms with E-state index in [1.165, 1.54) is 0 Å². The molecular formula is C9H4F6O3. The third-order valence-electron chi connectivity index (χ3n) is 1.51. The van der Waals surface area contributed by atoms with Crippen LogP contribution in [0.2, 0.25) is 0 Å². The van der Waals surface area contributed by atoms with Crippen LogP contribution in [-0.2, 0) is 0 Å². The number of hydrogen-bond donors (Lipinski definition) is 0. The summed E-state index contributed by atoms with van der Waals surface area (Å²) < 4.78 is 78.0. The van der Waals surface area contributed by atoms with E-state index in [9.17, 15) is 31.1 Å². The third-order valence-corrected chi connectivity index (χ3v) is 1.51. The molecule has 100 valence electrons. The Bertz CT molecular complexity index is 403. The minimum Gasteiger partial charge on any atom is -0.406 e. The zero-order valence-corrected chi connectivity index (χ0v) is 8.30. The van der Waals surface area contributed by atoms with Gasteiger partial charge in [0.05, 0.1) is 0 Å². The highest BCUT2D eigenvalue weighted by Crippen LogP contribution is 2.30. The molecule has 0 unspecified atom stereocenters. The van der Waals surface area contributed by atoms with Gasteiger partial charge in [-0.3, -0.25) is 4.79 Å². The third kappa shape index (κ3) is 4.93. The molecule has 0 aliphatic carbocycles. The van der Waals surface area contributed by atoms with Crippen LogP contribution in [0.4, 0.5) is 26.3 Å². The van der Waals surface area contributed by atoms with E-state index in [-0.39, 0.29) is 6.29 Å². The standard InChI is InChI=1S/C9H4F6O3/c10-8(11,12)17-6-1-5(4-16)2-7(3-6)18-9(13,14)15/h1-4H. The van der Waals surface area contributed by atoms with Crippen LogP contribution < -0.4 is 9.47 Å². The van der Waals surface area contributed by atoms with Gasteiger partial charge < -0.3 is 9.47 Å². The Morgan fingerprint density at radius 1 is 0.833 bits per heavy atom. The predicted molar refractivity (Wildman–Crippen MR) is 45.2 cm³/mol. The molecule has 0 atom stereocenters. The van der Waals surface area contributed by atoms with Crippen molar-refractivity contribution in [2.24, 2.45) is 0 Å². The largest absolute Gasteiger partial charge is 0.573 e. The van der Waals surface area contributed by atoms with Gasteiger partial charge in [-0.15, -0.1) is 26.3 Å². The molecule has 0 amide bonds. The van der Waals surface area contributed by atoms with Gasteiger partial charge in [0, 0.05) is 11.6 Å². The summed E-state index contributed by atoms with van der Waals surface area (Å²) in [5.74, 6) is -1.96. The lowest BCUT2D eigenvalue weighted by atomic mass is 10.2. The fourth-order valence-corrected chi connectivity index (χ4v) is 1.05. The lowest BCUT2D eigenvalue weighted by Crippen LogP contribution is -2.19. The first-order valence-corrected chi connectivity index (χ1v) is 4.21. The summed E-state index contributed by atoms with van der Waals surface area (Å²) in [6.07, 6.45) is -10.1. The molecule has 0 radical (unpaired) electrons. The van der Waals surface area contributed by atoms with Crippen LogP contribution in [0.5, 0.6) is 11.5 Å². The number of aldehydes is 1. The lowest BCUT2D eigenvalue weighted by molar-refractivity contribution is -0.276. The Kier molecular flexibility index (Phi) is 3.73. The molecule has 0 fully saturated rings. The van der Waals surface area contributed by atoms with E-state index in [4.69, 9.17) is 0 Å². The van der Waals surface area contributed by atoms with Gasteiger partial charge in [-0.05, 0) is 12.1 Å². The van der Waals surface area contributed by atoms with Gasteiger partial charge in [0.25, 0.3) is 0 Å². The fraction of sp³-hybridized carbons (Fsp3) is 0.222. The van der Waals surface area contributed by atoms with E-state index in [0.717, 1.165) is 0 Å². The molecular weight excluding hydrogens is 270 g/mol. The second-order valence-corrected chi connectivity index (χ2v) is 2.95. The topological polar surface area (TPSA) is 35.5 Å². The number of halogens is 6. The maximum absolute atomic E-state index is 11.9. The fourth-order valence-electron chi connectivity index (χ4n) is 1.05. The molecule has 0 aliphatic heterocycles. The van der Waals surface area contributed by atoms with Crippen LogP contribution in [0.3, 0.4) is 0 Å². The Labute approximate surface area is 95.9 Å². The van der Waals surface area contributed by atoms with Crippen LogP contribution in [0.25, 0.3) is 0 Å². The molecule has 0 heterocycles. The average molecular weight is 274 g/mol. The van der Waals surface area contributed by atoms with Gasteiger partial charge in [-0.1, -0.05) is 0 Å². The minimum atomic E-state index is -5.09. The zero-order valence-electron chi connectivity index (χ0n) is 8.30. The van der Waals surface area contributed by atoms with Crippen LogP contribution in [0.15, 0.2) is 18.2 Å². The highest BCUT2D eigenvalue weighted by Gasteiger charge is 2.33. The molecule has 0 N–H and O–H groups in total. The summed E-state index contributed by atoms with van der Waals surface area (Å²) >= 11 is 0. The first-order valence-electron chi connectivity index (χ1n) is 4.21. The molecule has 1 aromatic carbocycles. The van der Waals surface area contributed by atoms with E-state index >= 15 is 0 Å². The molecule has 9 heteroatoms. The second kappa shape index (κ2) is 4.75. The molecule has 0 saturated carbocycles. The van der Waals surface area contributed by atoms with Crippen molar-refractivity contribution in [1.82, 2.24) is 0 Å². The minimum absolute atomic E-state index is 0.0620. The maximum Gasteiger partial charge on any atom is 0.573 e. The predicted octanol–water partition coefficient (Wildman–Crippen LogP) is 3.30. The molecule has 1 aromatic rings. The van der Waals surface area contributed by atoms with Crippen LogP contribution in [-0.4, -0.2) is 19.0 Å². The van der Waals surface area contributed by atoms with Crippen molar-refractivity contribution in [1.29, 1.82) is 0 Å². The van der Waals surface area contributed by atoms with Gasteiger partial charge in [0.15, 0.2) is 0 Å². The highest BCUT2D eigenvalue weighted by molar-refractivity contribution is 5.76. The maximum atomic E-state index is 11.9. The molecule has 0 saturated heterocycles. The number of ether oxygens (including phenoxy) is 2. The number of rotatable bonds is 3. The number of benzene rings is 1. The normalized spacial score (nSPS) is 12.1. The summed E-state index contributed by atoms with van der Waals surface area (Å²) in [6, 6.07) is 1.63. The lowest BCUT2D eigenvalue weighted by Gasteiger charge is -2.12. The molecule has 0 aliphatic rings. The van der Waals surface area contributed by atoms with Crippen molar-refractivity contribution in [2.75, 3.05) is 0 Å². The Morgan fingerprint density at radius 2 is 1.22 bits per heavy atom. The van der Waals surface area contributed by atoms with Crippen molar-refractivity contribution in [3.05, 3.63) is 23.8 Å². The van der Waals surface area contributed by atoms with Crippen LogP contribution in [0, 0.1) is 0 Å². The molecule has 0 aromatic heterocycles. The highest BCUT2D eigenvalue weighted by atomic mass is 19.4. The van der Waals surface area contributed by atoms with Crippen molar-refractivity contribution in [3.63, 3.8) is 0 Å². The first kappa shape index (κ1) is 14.1. The van der Waals surface area contributed by atoms with Gasteiger partial charge in [0.2, 0.25) is 0 Å². The first-order chi connectivity index (χ1) is 8.09. The van der Waals surface area contributed by atoms with E-state index in [1.54, 1.807) is 0 Å². The summed E-state index contributed by atoms with van der Waals surface area (Å²) in [5, 5.41) is 0. The van der Waals surface area contributed by atoms with Gasteiger partial charge in [0.1, 0.15) is 17.8 Å². The summed E-state index contributed by atoms with van der Waals surface area (Å²) in [7, 11) is 0. The average Bonchev–Trinajstić information content (AvgIpc) is 2.11. The van der Waals surface area contributed by atoms with E-state index in [1.807, 2.05) is 0 Å². The quantitative estimate of drug-likeness (QED) is 0.626. The van der Waals surface area contributed by atoms with E-state index < -0.39 is 29.8 Å². The number of hydrogen-bond acceptors (Lipinski definition) is 3. The molecule has 1 rings (SSSR count). The van der Waals surface area contributed by atoms with Gasteiger partial charge in [-0.2, -0.15) is 0 Å². The Balaban J connectivity index is 3.05. The molecule has 0 bridgehead atoms. The number of carbonyl (C=O) groups excluding carboxylic acids is 1. The Hall–Kier alpha value is -1.93. The van der Waals surface area contributed by atoms with Crippen molar-refractivity contribution < 1.29 is 40.6 Å². The zero-order chi connectivity index (χ0) is 14.0. The summed E-state index contributed by atoms with van der Waals surface area (Å²) in [6.45, 7) is 0. The van der Waals surface area contributed by atoms with E-state index in [2.05, 4.69) is 9.47 Å². The monoisotopic (exact) mass is 274 g/mol. The van der Waals surface area contributed by atoms with Crippen molar-refractivity contribution in [3.8, 4) is 11.5 Å². The molecule has 0 spiro atoms.